The third-order valence-corrected chi connectivity index (χ3v) is 5.21. The van der Waals surface area contributed by atoms with Gasteiger partial charge in [0.1, 0.15) is 0 Å². The Morgan fingerprint density at radius 1 is 1.39 bits per heavy atom. The Labute approximate surface area is 112 Å². The fourth-order valence-electron chi connectivity index (χ4n) is 3.14. The van der Waals surface area contributed by atoms with Gasteiger partial charge in [-0.15, -0.1) is 0 Å². The number of ether oxygens (including phenoxy) is 3. The minimum Gasteiger partial charge on any atom is -0.390 e. The van der Waals surface area contributed by atoms with Crippen molar-refractivity contribution in [3.63, 3.8) is 0 Å². The van der Waals surface area contributed by atoms with Gasteiger partial charge in [0.2, 0.25) is 0 Å². The molecule has 3 aliphatic heterocycles. The molecule has 18 heavy (non-hydrogen) atoms. The van der Waals surface area contributed by atoms with Crippen LogP contribution in [-0.4, -0.2) is 53.4 Å². The predicted octanol–water partition coefficient (Wildman–Crippen LogP) is 1.41. The first-order valence-electron chi connectivity index (χ1n) is 6.78. The molecule has 3 rings (SSSR count). The van der Waals surface area contributed by atoms with Crippen molar-refractivity contribution < 1.29 is 19.3 Å². The molecule has 0 aromatic rings. The molecule has 0 spiro atoms. The van der Waals surface area contributed by atoms with Gasteiger partial charge in [-0.05, 0) is 26.0 Å². The van der Waals surface area contributed by atoms with E-state index in [9.17, 15) is 5.11 Å². The van der Waals surface area contributed by atoms with Gasteiger partial charge >= 0.3 is 0 Å². The van der Waals surface area contributed by atoms with Crippen LogP contribution in [-0.2, 0) is 14.2 Å². The van der Waals surface area contributed by atoms with Gasteiger partial charge in [-0.2, -0.15) is 11.8 Å². The average Bonchev–Trinajstić information content (AvgIpc) is 2.82. The Morgan fingerprint density at radius 2 is 2.22 bits per heavy atom. The highest BCUT2D eigenvalue weighted by Gasteiger charge is 2.46. The van der Waals surface area contributed by atoms with E-state index in [0.717, 1.165) is 24.3 Å². The van der Waals surface area contributed by atoms with E-state index in [1.54, 1.807) is 0 Å². The Bertz CT molecular complexity index is 309. The normalized spacial score (nSPS) is 47.2. The van der Waals surface area contributed by atoms with Gasteiger partial charge in [-0.1, -0.05) is 0 Å². The van der Waals surface area contributed by atoms with E-state index >= 15 is 0 Å². The molecule has 4 nitrogen and oxygen atoms in total. The fraction of sp³-hybridized carbons (Fsp3) is 1.00. The van der Waals surface area contributed by atoms with Crippen molar-refractivity contribution in [2.45, 2.75) is 56.9 Å². The first-order valence-corrected chi connectivity index (χ1v) is 7.94. The standard InChI is InChI=1S/C13H22O4S/c1-13(2)15-6-8(17-13)5-11-12(14)9-7-18-4-3-10(9)16-11/h8-12,14H,3-7H2,1-2H3/t8-,9?,10?,11+,12+/m0/s1. The summed E-state index contributed by atoms with van der Waals surface area (Å²) >= 11 is 1.92. The van der Waals surface area contributed by atoms with Crippen LogP contribution in [0.3, 0.4) is 0 Å². The van der Waals surface area contributed by atoms with Crippen molar-refractivity contribution in [1.82, 2.24) is 0 Å². The maximum absolute atomic E-state index is 10.3. The number of rotatable bonds is 2. The number of aliphatic hydroxyl groups excluding tert-OH is 1. The lowest BCUT2D eigenvalue weighted by Gasteiger charge is -2.24. The average molecular weight is 274 g/mol. The van der Waals surface area contributed by atoms with Crippen LogP contribution in [0.15, 0.2) is 0 Å². The number of fused-ring (bicyclic) bond motifs is 1. The summed E-state index contributed by atoms with van der Waals surface area (Å²) in [4.78, 5) is 0. The van der Waals surface area contributed by atoms with Gasteiger partial charge in [0.05, 0.1) is 31.0 Å². The molecule has 0 aromatic heterocycles. The van der Waals surface area contributed by atoms with Crippen molar-refractivity contribution in [2.24, 2.45) is 5.92 Å². The summed E-state index contributed by atoms with van der Waals surface area (Å²) in [5.74, 6) is 1.99. The Hall–Kier alpha value is 0.190. The topological polar surface area (TPSA) is 47.9 Å². The van der Waals surface area contributed by atoms with Gasteiger partial charge in [0.15, 0.2) is 5.79 Å². The second kappa shape index (κ2) is 4.94. The smallest absolute Gasteiger partial charge is 0.163 e. The van der Waals surface area contributed by atoms with Gasteiger partial charge in [-0.25, -0.2) is 0 Å². The molecule has 0 aliphatic carbocycles. The van der Waals surface area contributed by atoms with Crippen LogP contribution in [0.2, 0.25) is 0 Å². The third-order valence-electron chi connectivity index (χ3n) is 4.07. The highest BCUT2D eigenvalue weighted by atomic mass is 32.2. The molecule has 0 radical (unpaired) electrons. The van der Waals surface area contributed by atoms with Gasteiger partial charge in [0.25, 0.3) is 0 Å². The minimum atomic E-state index is -0.489. The van der Waals surface area contributed by atoms with Gasteiger partial charge in [-0.3, -0.25) is 0 Å². The monoisotopic (exact) mass is 274 g/mol. The molecule has 3 saturated heterocycles. The molecule has 3 aliphatic rings. The van der Waals surface area contributed by atoms with Crippen LogP contribution in [0.4, 0.5) is 0 Å². The molecule has 0 bridgehead atoms. The Balaban J connectivity index is 1.57. The third kappa shape index (κ3) is 2.56. The molecule has 3 fully saturated rings. The number of aliphatic hydroxyl groups is 1. The molecule has 0 saturated carbocycles. The molecular weight excluding hydrogens is 252 g/mol. The van der Waals surface area contributed by atoms with E-state index in [0.29, 0.717) is 12.5 Å². The van der Waals surface area contributed by atoms with Crippen LogP contribution in [0.1, 0.15) is 26.7 Å². The largest absolute Gasteiger partial charge is 0.390 e. The van der Waals surface area contributed by atoms with Gasteiger partial charge in [0, 0.05) is 18.1 Å². The van der Waals surface area contributed by atoms with Crippen molar-refractivity contribution in [2.75, 3.05) is 18.1 Å². The summed E-state index contributed by atoms with van der Waals surface area (Å²) in [6, 6.07) is 0. The summed E-state index contributed by atoms with van der Waals surface area (Å²) in [5.41, 5.74) is 0. The van der Waals surface area contributed by atoms with E-state index in [1.807, 2.05) is 25.6 Å². The number of thioether (sulfide) groups is 1. The first-order chi connectivity index (χ1) is 8.55. The maximum atomic E-state index is 10.3. The van der Waals surface area contributed by atoms with Crippen molar-refractivity contribution in [3.05, 3.63) is 0 Å². The molecule has 1 N–H and O–H groups in total. The first kappa shape index (κ1) is 13.2. The lowest BCUT2D eigenvalue weighted by atomic mass is 9.94. The lowest BCUT2D eigenvalue weighted by molar-refractivity contribution is -0.143. The minimum absolute atomic E-state index is 0.0486. The quantitative estimate of drug-likeness (QED) is 0.825. The highest BCUT2D eigenvalue weighted by molar-refractivity contribution is 7.99. The zero-order valence-corrected chi connectivity index (χ0v) is 11.8. The number of hydrogen-bond acceptors (Lipinski definition) is 5. The molecular formula is C13H22O4S. The molecule has 5 atom stereocenters. The summed E-state index contributed by atoms with van der Waals surface area (Å²) in [5, 5.41) is 10.3. The van der Waals surface area contributed by atoms with Crippen LogP contribution >= 0.6 is 11.8 Å². The molecule has 5 heteroatoms. The van der Waals surface area contributed by atoms with E-state index in [1.165, 1.54) is 0 Å². The second-order valence-corrected chi connectivity index (χ2v) is 7.07. The maximum Gasteiger partial charge on any atom is 0.163 e. The predicted molar refractivity (Wildman–Crippen MR) is 69.6 cm³/mol. The molecule has 0 amide bonds. The Morgan fingerprint density at radius 3 is 2.89 bits per heavy atom. The zero-order chi connectivity index (χ0) is 12.8. The molecule has 0 aromatic carbocycles. The van der Waals surface area contributed by atoms with E-state index in [2.05, 4.69) is 0 Å². The van der Waals surface area contributed by atoms with Crippen molar-refractivity contribution in [1.29, 1.82) is 0 Å². The fourth-order valence-corrected chi connectivity index (χ4v) is 4.39. The van der Waals surface area contributed by atoms with Crippen LogP contribution in [0, 0.1) is 5.92 Å². The summed E-state index contributed by atoms with van der Waals surface area (Å²) in [6.45, 7) is 4.45. The highest BCUT2D eigenvalue weighted by Crippen LogP contribution is 2.39. The second-order valence-electron chi connectivity index (χ2n) is 5.92. The summed E-state index contributed by atoms with van der Waals surface area (Å²) in [7, 11) is 0. The SMILES string of the molecule is CC1(C)OC[C@H](C[C@H]2OC3CCSCC3[C@H]2O)O1. The van der Waals surface area contributed by atoms with E-state index in [-0.39, 0.29) is 24.4 Å². The van der Waals surface area contributed by atoms with Crippen LogP contribution < -0.4 is 0 Å². The molecule has 2 unspecified atom stereocenters. The molecule has 104 valence electrons. The zero-order valence-electron chi connectivity index (χ0n) is 11.0. The van der Waals surface area contributed by atoms with Crippen LogP contribution in [0.25, 0.3) is 0 Å². The number of hydrogen-bond donors (Lipinski definition) is 1. The van der Waals surface area contributed by atoms with Crippen molar-refractivity contribution in [3.8, 4) is 0 Å². The molecule has 3 heterocycles. The van der Waals surface area contributed by atoms with Crippen LogP contribution in [0.5, 0.6) is 0 Å². The van der Waals surface area contributed by atoms with Gasteiger partial charge < -0.3 is 19.3 Å². The summed E-state index contributed by atoms with van der Waals surface area (Å²) in [6.07, 6.45) is 1.68. The Kier molecular flexibility index (Phi) is 3.62. The van der Waals surface area contributed by atoms with E-state index in [4.69, 9.17) is 14.2 Å². The van der Waals surface area contributed by atoms with Crippen molar-refractivity contribution >= 4 is 11.8 Å². The lowest BCUT2D eigenvalue weighted by Crippen LogP contribution is -2.33. The summed E-state index contributed by atoms with van der Waals surface area (Å²) < 4.78 is 17.4. The van der Waals surface area contributed by atoms with E-state index < -0.39 is 5.79 Å².